The van der Waals surface area contributed by atoms with Crippen LogP contribution >= 0.6 is 0 Å². The van der Waals surface area contributed by atoms with Crippen molar-refractivity contribution in [1.82, 2.24) is 14.9 Å². The Kier molecular flexibility index (Phi) is 2.78. The smallest absolute Gasteiger partial charge is 0.225 e. The lowest BCUT2D eigenvalue weighted by Gasteiger charge is -2.56. The molecule has 4 rings (SSSR count). The maximum atomic E-state index is 11.2. The number of hydrogen-bond donors (Lipinski definition) is 0. The van der Waals surface area contributed by atoms with Crippen LogP contribution in [-0.2, 0) is 4.79 Å². The van der Waals surface area contributed by atoms with Gasteiger partial charge in [-0.25, -0.2) is 9.97 Å². The fourth-order valence-corrected chi connectivity index (χ4v) is 2.91. The molecule has 3 saturated heterocycles. The van der Waals surface area contributed by atoms with Crippen LogP contribution in [0.3, 0.4) is 0 Å². The molecular formula is C13H18N4O. The largest absolute Gasteiger partial charge is 0.338 e. The first kappa shape index (κ1) is 11.6. The number of rotatable bonds is 3. The van der Waals surface area contributed by atoms with Crippen molar-refractivity contribution in [3.8, 4) is 0 Å². The number of carbonyl (C=O) groups is 1. The zero-order valence-electron chi connectivity index (χ0n) is 10.8. The lowest BCUT2D eigenvalue weighted by molar-refractivity contribution is -0.122. The Balaban J connectivity index is 1.67. The van der Waals surface area contributed by atoms with Gasteiger partial charge in [-0.15, -0.1) is 0 Å². The summed E-state index contributed by atoms with van der Waals surface area (Å²) >= 11 is 0. The van der Waals surface area contributed by atoms with Crippen molar-refractivity contribution in [3.63, 3.8) is 0 Å². The molecule has 0 saturated carbocycles. The summed E-state index contributed by atoms with van der Waals surface area (Å²) in [4.78, 5) is 24.5. The summed E-state index contributed by atoms with van der Waals surface area (Å²) in [6.45, 7) is 6.12. The number of anilines is 1. The molecule has 3 aliphatic heterocycles. The Bertz CT molecular complexity index is 447. The van der Waals surface area contributed by atoms with Crippen molar-refractivity contribution < 1.29 is 4.79 Å². The summed E-state index contributed by atoms with van der Waals surface area (Å²) in [6, 6.07) is 0.995. The minimum absolute atomic E-state index is 0.254. The van der Waals surface area contributed by atoms with Gasteiger partial charge < -0.3 is 4.90 Å². The molecule has 0 aliphatic carbocycles. The fraction of sp³-hybridized carbons (Fsp3) is 0.615. The van der Waals surface area contributed by atoms with Crippen LogP contribution < -0.4 is 4.90 Å². The van der Waals surface area contributed by atoms with Crippen molar-refractivity contribution in [1.29, 1.82) is 0 Å². The van der Waals surface area contributed by atoms with Gasteiger partial charge >= 0.3 is 0 Å². The zero-order chi connectivity index (χ0) is 12.7. The molecule has 4 heterocycles. The van der Waals surface area contributed by atoms with Gasteiger partial charge in [-0.1, -0.05) is 0 Å². The van der Waals surface area contributed by atoms with Crippen molar-refractivity contribution >= 4 is 11.7 Å². The van der Waals surface area contributed by atoms with E-state index < -0.39 is 0 Å². The number of carbonyl (C=O) groups excluding carboxylic acids is 1. The average molecular weight is 246 g/mol. The van der Waals surface area contributed by atoms with E-state index in [9.17, 15) is 4.79 Å². The zero-order valence-corrected chi connectivity index (χ0v) is 10.8. The van der Waals surface area contributed by atoms with E-state index in [0.29, 0.717) is 18.6 Å². The number of piperidine rings is 1. The molecule has 0 N–H and O–H groups in total. The van der Waals surface area contributed by atoms with E-state index in [1.165, 1.54) is 6.42 Å². The molecule has 1 aromatic rings. The van der Waals surface area contributed by atoms with Gasteiger partial charge in [-0.05, 0) is 25.8 Å². The number of Topliss-reactive ketones (excluding diaryl/α,β-unsaturated/α-hetero) is 1. The lowest BCUT2D eigenvalue weighted by Crippen LogP contribution is -2.69. The summed E-state index contributed by atoms with van der Waals surface area (Å²) in [7, 11) is 0. The van der Waals surface area contributed by atoms with E-state index in [0.717, 1.165) is 24.6 Å². The van der Waals surface area contributed by atoms with Gasteiger partial charge in [0.05, 0.1) is 6.54 Å². The van der Waals surface area contributed by atoms with E-state index in [1.54, 1.807) is 6.92 Å². The molecule has 5 heteroatoms. The van der Waals surface area contributed by atoms with E-state index in [-0.39, 0.29) is 5.78 Å². The van der Waals surface area contributed by atoms with E-state index >= 15 is 0 Å². The van der Waals surface area contributed by atoms with Crippen LogP contribution in [0.2, 0.25) is 0 Å². The molecule has 5 nitrogen and oxygen atoms in total. The quantitative estimate of drug-likeness (QED) is 0.783. The standard InChI is InChI=1S/C13H18N4O/c1-9-4-14-13(15-5-9)16-7-11-3-12(8-16)17(11)6-10(2)18/h4-5,11-12H,3,6-8H2,1-2H3/t11-,12+. The molecule has 1 aromatic heterocycles. The molecular weight excluding hydrogens is 228 g/mol. The Labute approximate surface area is 107 Å². The van der Waals surface area contributed by atoms with Gasteiger partial charge in [0.25, 0.3) is 0 Å². The Hall–Kier alpha value is -1.49. The van der Waals surface area contributed by atoms with Crippen LogP contribution in [0.15, 0.2) is 12.4 Å². The highest BCUT2D eigenvalue weighted by Gasteiger charge is 2.45. The van der Waals surface area contributed by atoms with Crippen LogP contribution in [0, 0.1) is 6.92 Å². The van der Waals surface area contributed by atoms with Gasteiger partial charge in [0, 0.05) is 37.6 Å². The third-order valence-electron chi connectivity index (χ3n) is 3.80. The SMILES string of the molecule is CC(=O)CN1[C@@H]2C[C@H]1CN(c1ncc(C)cn1)C2. The molecule has 2 bridgehead atoms. The van der Waals surface area contributed by atoms with Crippen LogP contribution in [0.25, 0.3) is 0 Å². The van der Waals surface area contributed by atoms with Crippen molar-refractivity contribution in [2.75, 3.05) is 24.5 Å². The molecule has 3 aliphatic rings. The second kappa shape index (κ2) is 4.31. The molecule has 0 aromatic carbocycles. The maximum Gasteiger partial charge on any atom is 0.225 e. The van der Waals surface area contributed by atoms with E-state index in [1.807, 2.05) is 19.3 Å². The highest BCUT2D eigenvalue weighted by atomic mass is 16.1. The summed E-state index contributed by atoms with van der Waals surface area (Å²) in [5, 5.41) is 0. The molecule has 96 valence electrons. The maximum absolute atomic E-state index is 11.2. The number of aromatic nitrogens is 2. The first-order valence-corrected chi connectivity index (χ1v) is 6.42. The molecule has 0 radical (unpaired) electrons. The molecule has 18 heavy (non-hydrogen) atoms. The number of nitrogens with zero attached hydrogens (tertiary/aromatic N) is 4. The minimum Gasteiger partial charge on any atom is -0.338 e. The topological polar surface area (TPSA) is 49.3 Å². The van der Waals surface area contributed by atoms with E-state index in [2.05, 4.69) is 19.8 Å². The second-order valence-electron chi connectivity index (χ2n) is 5.38. The third kappa shape index (κ3) is 1.99. The highest BCUT2D eigenvalue weighted by molar-refractivity contribution is 5.77. The summed E-state index contributed by atoms with van der Waals surface area (Å²) in [5.41, 5.74) is 1.08. The van der Waals surface area contributed by atoms with Gasteiger partial charge in [0.2, 0.25) is 5.95 Å². The van der Waals surface area contributed by atoms with Crippen LogP contribution in [0.1, 0.15) is 18.9 Å². The predicted octanol–water partition coefficient (Wildman–Crippen LogP) is 0.637. The van der Waals surface area contributed by atoms with Crippen molar-refractivity contribution in [2.24, 2.45) is 0 Å². The van der Waals surface area contributed by atoms with Gasteiger partial charge in [-0.2, -0.15) is 0 Å². The first-order chi connectivity index (χ1) is 8.63. The Morgan fingerprint density at radius 1 is 1.33 bits per heavy atom. The normalized spacial score (nSPS) is 26.9. The van der Waals surface area contributed by atoms with Crippen LogP contribution in [-0.4, -0.2) is 52.4 Å². The molecule has 2 atom stereocenters. The highest BCUT2D eigenvalue weighted by Crippen LogP contribution is 2.33. The van der Waals surface area contributed by atoms with Crippen LogP contribution in [0.4, 0.5) is 5.95 Å². The molecule has 3 fully saturated rings. The number of ketones is 1. The van der Waals surface area contributed by atoms with Gasteiger partial charge in [-0.3, -0.25) is 9.69 Å². The van der Waals surface area contributed by atoms with Crippen LogP contribution in [0.5, 0.6) is 0 Å². The fourth-order valence-electron chi connectivity index (χ4n) is 2.91. The lowest BCUT2D eigenvalue weighted by atomic mass is 9.87. The second-order valence-corrected chi connectivity index (χ2v) is 5.38. The Morgan fingerprint density at radius 2 is 1.94 bits per heavy atom. The number of hydrogen-bond acceptors (Lipinski definition) is 5. The predicted molar refractivity (Wildman–Crippen MR) is 68.6 cm³/mol. The monoisotopic (exact) mass is 246 g/mol. The number of fused-ring (bicyclic) bond motifs is 2. The first-order valence-electron chi connectivity index (χ1n) is 6.42. The van der Waals surface area contributed by atoms with Crippen molar-refractivity contribution in [3.05, 3.63) is 18.0 Å². The van der Waals surface area contributed by atoms with E-state index in [4.69, 9.17) is 0 Å². The molecule has 0 spiro atoms. The summed E-state index contributed by atoms with van der Waals surface area (Å²) in [5.74, 6) is 1.07. The van der Waals surface area contributed by atoms with Gasteiger partial charge in [0.15, 0.2) is 0 Å². The van der Waals surface area contributed by atoms with Gasteiger partial charge in [0.1, 0.15) is 5.78 Å². The Morgan fingerprint density at radius 3 is 2.50 bits per heavy atom. The molecule has 0 amide bonds. The summed E-state index contributed by atoms with van der Waals surface area (Å²) < 4.78 is 0. The average Bonchev–Trinajstić information content (AvgIpc) is 2.37. The van der Waals surface area contributed by atoms with Crippen molar-refractivity contribution in [2.45, 2.75) is 32.4 Å². The third-order valence-corrected chi connectivity index (χ3v) is 3.80. The summed E-state index contributed by atoms with van der Waals surface area (Å²) in [6.07, 6.45) is 4.92. The number of aryl methyl sites for hydroxylation is 1. The molecule has 0 unspecified atom stereocenters. The number of piperazine rings is 1. The minimum atomic E-state index is 0.254.